The molecule has 1 aliphatic carbocycles. The van der Waals surface area contributed by atoms with Crippen LogP contribution < -0.4 is 38.1 Å². The molecule has 1 fully saturated rings. The summed E-state index contributed by atoms with van der Waals surface area (Å²) in [4.78, 5) is 90.8. The van der Waals surface area contributed by atoms with Crippen molar-refractivity contribution in [3.63, 3.8) is 0 Å². The second-order valence-corrected chi connectivity index (χ2v) is 18.7. The van der Waals surface area contributed by atoms with Crippen LogP contribution in [0.3, 0.4) is 0 Å². The third-order valence-corrected chi connectivity index (χ3v) is 13.9. The van der Waals surface area contributed by atoms with Gasteiger partial charge in [-0.25, -0.2) is 15.0 Å². The minimum absolute atomic E-state index is 0.0532. The van der Waals surface area contributed by atoms with E-state index in [1.54, 1.807) is 0 Å². The highest BCUT2D eigenvalue weighted by Gasteiger charge is 2.41. The van der Waals surface area contributed by atoms with Gasteiger partial charge in [-0.3, -0.25) is 28.8 Å². The smallest absolute Gasteiger partial charge is 0.243 e. The Morgan fingerprint density at radius 2 is 1.62 bits per heavy atom. The maximum Gasteiger partial charge on any atom is 0.243 e. The molecule has 0 aromatic rings. The number of aliphatic hydroxyl groups excluding tert-OH is 1. The third kappa shape index (κ3) is 13.1. The standard InChI is InChI=1S/C52H68N10O9S/c1-7-31-27(3)37-20-39-29(5)33(49(61-39)35-19-43(63)48-30(6)40(62-50(35)48)22-42-32(8-2)28(4)38(60-42)21-41(31)59-37)12-13-46(66)55-14-10-9-11-34(51(68)56-15-16-70-17-18-71-25-45(54)65)44(64)23-57-47(67)24-58-52(69)36(53)26-72/h7,20-22,29,33-34,36,61,63,72H,1,8-19,23-26,53H2,2-6H3,(H2,54,65)(H,55,66)(H,56,68)(H,57,67)(H,58,69). The molecule has 0 saturated carbocycles. The van der Waals surface area contributed by atoms with E-state index in [-0.39, 0.29) is 75.1 Å². The molecule has 20 heteroatoms. The maximum absolute atomic E-state index is 13.5. The Kier molecular flexibility index (Phi) is 19.2. The fourth-order valence-electron chi connectivity index (χ4n) is 9.41. The number of carbonyl (C=O) groups is 6. The number of aliphatic hydroxyl groups is 1. The summed E-state index contributed by atoms with van der Waals surface area (Å²) in [5.74, 6) is -4.04. The number of ketones is 1. The molecule has 4 atom stereocenters. The van der Waals surface area contributed by atoms with Crippen LogP contribution in [0.2, 0.25) is 0 Å². The Labute approximate surface area is 425 Å². The lowest BCUT2D eigenvalue weighted by Crippen LogP contribution is -2.47. The van der Waals surface area contributed by atoms with E-state index in [4.69, 9.17) is 35.9 Å². The summed E-state index contributed by atoms with van der Waals surface area (Å²) < 4.78 is 10.5. The van der Waals surface area contributed by atoms with Crippen molar-refractivity contribution in [2.24, 2.45) is 44.2 Å². The minimum Gasteiger partial charge on any atom is -0.511 e. The number of hydrogen-bond donors (Lipinski definition) is 9. The Morgan fingerprint density at radius 3 is 2.35 bits per heavy atom. The van der Waals surface area contributed by atoms with Crippen molar-refractivity contribution in [1.82, 2.24) is 26.6 Å². The molecular formula is C52H68N10O9S. The number of hydrogen-bond acceptors (Lipinski definition) is 15. The zero-order chi connectivity index (χ0) is 52.2. The molecule has 0 aromatic carbocycles. The summed E-state index contributed by atoms with van der Waals surface area (Å²) in [6.45, 7) is 14.1. The molecule has 72 heavy (non-hydrogen) atoms. The van der Waals surface area contributed by atoms with Crippen LogP contribution in [0.5, 0.6) is 0 Å². The van der Waals surface area contributed by atoms with Crippen molar-refractivity contribution in [3.8, 4) is 0 Å². The molecule has 8 bridgehead atoms. The Hall–Kier alpha value is -6.48. The number of amides is 5. The first-order chi connectivity index (χ1) is 34.5. The van der Waals surface area contributed by atoms with Crippen molar-refractivity contribution >= 4 is 65.1 Å². The first kappa shape index (κ1) is 54.8. The first-order valence-corrected chi connectivity index (χ1v) is 25.1. The highest BCUT2D eigenvalue weighted by molar-refractivity contribution is 7.80. The van der Waals surface area contributed by atoms with Crippen molar-refractivity contribution in [1.29, 1.82) is 0 Å². The zero-order valence-corrected chi connectivity index (χ0v) is 42.7. The molecule has 386 valence electrons. The van der Waals surface area contributed by atoms with Gasteiger partial charge in [0.15, 0.2) is 5.78 Å². The van der Waals surface area contributed by atoms with Gasteiger partial charge < -0.3 is 52.6 Å². The van der Waals surface area contributed by atoms with Gasteiger partial charge in [-0.05, 0) is 87.0 Å². The molecule has 10 N–H and O–H groups in total. The number of carbonyl (C=O) groups excluding carboxylic acids is 6. The second kappa shape index (κ2) is 25.3. The van der Waals surface area contributed by atoms with Gasteiger partial charge in [0.25, 0.3) is 0 Å². The third-order valence-electron chi connectivity index (χ3n) is 13.5. The van der Waals surface area contributed by atoms with Crippen LogP contribution in [-0.4, -0.2) is 122 Å². The molecule has 0 radical (unpaired) electrons. The first-order valence-electron chi connectivity index (χ1n) is 24.5. The largest absolute Gasteiger partial charge is 0.511 e. The Balaban J connectivity index is 1.10. The summed E-state index contributed by atoms with van der Waals surface area (Å²) >= 11 is 3.97. The van der Waals surface area contributed by atoms with Crippen LogP contribution in [0.15, 0.2) is 119 Å². The number of ether oxygens (including phenoxy) is 2. The number of thiol groups is 1. The molecule has 1 saturated heterocycles. The predicted molar refractivity (Wildman–Crippen MR) is 279 cm³/mol. The average molecular weight is 1010 g/mol. The number of allylic oxidation sites excluding steroid dienone is 12. The van der Waals surface area contributed by atoms with E-state index in [2.05, 4.69) is 72.6 Å². The summed E-state index contributed by atoms with van der Waals surface area (Å²) in [5.41, 5.74) is 23.9. The predicted octanol–water partition coefficient (Wildman–Crippen LogP) is 3.22. The molecule has 0 aromatic heterocycles. The molecule has 0 spiro atoms. The molecule has 5 aliphatic heterocycles. The van der Waals surface area contributed by atoms with Crippen LogP contribution in [0, 0.1) is 17.8 Å². The zero-order valence-electron chi connectivity index (χ0n) is 41.8. The van der Waals surface area contributed by atoms with Crippen molar-refractivity contribution in [3.05, 3.63) is 104 Å². The monoisotopic (exact) mass is 1010 g/mol. The van der Waals surface area contributed by atoms with Gasteiger partial charge in [0, 0.05) is 71.6 Å². The lowest BCUT2D eigenvalue weighted by molar-refractivity contribution is -0.135. The van der Waals surface area contributed by atoms with Crippen molar-refractivity contribution < 1.29 is 43.3 Å². The van der Waals surface area contributed by atoms with E-state index in [0.29, 0.717) is 32.2 Å². The Bertz CT molecular complexity index is 2630. The van der Waals surface area contributed by atoms with E-state index < -0.39 is 54.5 Å². The number of unbranched alkanes of at least 4 members (excludes halogenated alkanes) is 1. The van der Waals surface area contributed by atoms with Crippen molar-refractivity contribution in [2.75, 3.05) is 58.4 Å². The normalized spacial score (nSPS) is 19.8. The molecular weight excluding hydrogens is 941 g/mol. The number of nitrogens with one attached hydrogen (secondary N) is 5. The van der Waals surface area contributed by atoms with Gasteiger partial charge in [0.05, 0.1) is 79.1 Å². The number of aliphatic imine (C=N–C) groups is 3. The van der Waals surface area contributed by atoms with Crippen LogP contribution in [0.1, 0.15) is 79.6 Å². The number of Topliss-reactive ketones (excluding diaryl/α,β-unsaturated/α-hetero) is 1. The number of nitrogens with zero attached hydrogens (tertiary/aromatic N) is 3. The maximum atomic E-state index is 13.5. The number of rotatable bonds is 26. The summed E-state index contributed by atoms with van der Waals surface area (Å²) in [6.07, 6.45) is 10.7. The topological polar surface area (TPSA) is 290 Å². The second-order valence-electron chi connectivity index (χ2n) is 18.3. The molecule has 19 nitrogen and oxygen atoms in total. The van der Waals surface area contributed by atoms with E-state index in [0.717, 1.165) is 91.1 Å². The molecule has 5 amide bonds. The lowest BCUT2D eigenvalue weighted by atomic mass is 9.86. The van der Waals surface area contributed by atoms with Gasteiger partial charge in [-0.15, -0.1) is 0 Å². The fraction of sp³-hybridized carbons (Fsp3) is 0.481. The quantitative estimate of drug-likeness (QED) is 0.0345. The van der Waals surface area contributed by atoms with Gasteiger partial charge in [-0.2, -0.15) is 12.6 Å². The molecule has 4 unspecified atom stereocenters. The summed E-state index contributed by atoms with van der Waals surface area (Å²) in [6, 6.07) is -0.905. The minimum atomic E-state index is -1.12. The highest BCUT2D eigenvalue weighted by atomic mass is 32.1. The van der Waals surface area contributed by atoms with Crippen LogP contribution in [-0.2, 0) is 38.2 Å². The van der Waals surface area contributed by atoms with Crippen molar-refractivity contribution in [2.45, 2.75) is 85.6 Å². The molecule has 6 aliphatic rings. The van der Waals surface area contributed by atoms with Gasteiger partial charge in [-0.1, -0.05) is 32.9 Å². The highest BCUT2D eigenvalue weighted by Crippen LogP contribution is 2.46. The van der Waals surface area contributed by atoms with Gasteiger partial charge in [0.2, 0.25) is 29.5 Å². The van der Waals surface area contributed by atoms with E-state index in [1.165, 1.54) is 0 Å². The van der Waals surface area contributed by atoms with E-state index in [1.807, 2.05) is 32.1 Å². The summed E-state index contributed by atoms with van der Waals surface area (Å²) in [5, 5.41) is 25.7. The average Bonchev–Trinajstić information content (AvgIpc) is 4.11. The van der Waals surface area contributed by atoms with Crippen LogP contribution in [0.25, 0.3) is 0 Å². The number of nitrogens with two attached hydrogens (primary N) is 2. The molecule has 5 heterocycles. The van der Waals surface area contributed by atoms with Gasteiger partial charge in [0.1, 0.15) is 12.4 Å². The SMILES string of the molecule is C=CC1=C(C)C2=NC1=CC1=NC(=CC3=C(C)C4=C(O)CC(=C5NC(=C2)C(C)C5CCC(=O)NCCCCC(C(=O)CNC(=O)CNC(=O)C(N)CS)C(=O)NCCOCCOCC(N)=O)C4=N3)C(CC)=C1C. The summed E-state index contributed by atoms with van der Waals surface area (Å²) in [7, 11) is 0. The molecule has 6 rings (SSSR count). The Morgan fingerprint density at radius 1 is 0.889 bits per heavy atom. The lowest BCUT2D eigenvalue weighted by Gasteiger charge is -2.18. The van der Waals surface area contributed by atoms with Gasteiger partial charge >= 0.3 is 0 Å². The van der Waals surface area contributed by atoms with E-state index >= 15 is 0 Å². The number of primary amides is 1. The van der Waals surface area contributed by atoms with Crippen LogP contribution >= 0.6 is 12.6 Å². The fourth-order valence-corrected chi connectivity index (χ4v) is 9.58. The number of fused-ring (bicyclic) bond motifs is 5. The van der Waals surface area contributed by atoms with E-state index in [9.17, 15) is 33.9 Å². The van der Waals surface area contributed by atoms with Crippen LogP contribution in [0.4, 0.5) is 0 Å².